The first-order valence-electron chi connectivity index (χ1n) is 8.22. The van der Waals surface area contributed by atoms with Gasteiger partial charge in [-0.05, 0) is 45.3 Å². The van der Waals surface area contributed by atoms with Gasteiger partial charge in [0.05, 0.1) is 0 Å². The smallest absolute Gasteiger partial charge is 0.0281 e. The Hall–Kier alpha value is -0.160. The molecule has 19 heavy (non-hydrogen) atoms. The van der Waals surface area contributed by atoms with Crippen LogP contribution in [-0.2, 0) is 0 Å². The molecule has 0 amide bonds. The van der Waals surface area contributed by atoms with Crippen molar-refractivity contribution in [3.05, 3.63) is 0 Å². The van der Waals surface area contributed by atoms with Crippen LogP contribution in [0.2, 0.25) is 0 Å². The number of hydrogen-bond acceptors (Lipinski definition) is 4. The van der Waals surface area contributed by atoms with Gasteiger partial charge in [-0.2, -0.15) is 0 Å². The molecule has 5 saturated heterocycles. The van der Waals surface area contributed by atoms with Crippen LogP contribution in [0.5, 0.6) is 0 Å². The highest BCUT2D eigenvalue weighted by Gasteiger charge is 2.50. The van der Waals surface area contributed by atoms with Crippen LogP contribution < -0.4 is 5.32 Å². The summed E-state index contributed by atoms with van der Waals surface area (Å²) in [5.41, 5.74) is 0. The fourth-order valence-corrected chi connectivity index (χ4v) is 5.10. The maximum Gasteiger partial charge on any atom is 0.0281 e. The lowest BCUT2D eigenvalue weighted by atomic mass is 9.79. The fourth-order valence-electron chi connectivity index (χ4n) is 5.10. The van der Waals surface area contributed by atoms with Crippen LogP contribution in [0.1, 0.15) is 19.3 Å². The molecule has 5 aliphatic rings. The van der Waals surface area contributed by atoms with Crippen LogP contribution in [0.3, 0.4) is 0 Å². The van der Waals surface area contributed by atoms with E-state index in [-0.39, 0.29) is 0 Å². The Bertz CT molecular complexity index is 320. The summed E-state index contributed by atoms with van der Waals surface area (Å²) < 4.78 is 0. The highest BCUT2D eigenvalue weighted by molar-refractivity contribution is 5.07. The van der Waals surface area contributed by atoms with E-state index in [1.165, 1.54) is 65.1 Å². The highest BCUT2D eigenvalue weighted by Crippen LogP contribution is 2.42. The molecule has 5 heterocycles. The van der Waals surface area contributed by atoms with Crippen molar-refractivity contribution in [2.75, 3.05) is 52.9 Å². The van der Waals surface area contributed by atoms with Crippen molar-refractivity contribution in [2.24, 2.45) is 5.92 Å². The summed E-state index contributed by atoms with van der Waals surface area (Å²) in [6.07, 6.45) is 4.32. The Morgan fingerprint density at radius 2 is 1.79 bits per heavy atom. The molecule has 0 aliphatic carbocycles. The van der Waals surface area contributed by atoms with Gasteiger partial charge in [-0.15, -0.1) is 0 Å². The second-order valence-electron chi connectivity index (χ2n) is 7.04. The van der Waals surface area contributed by atoms with Crippen LogP contribution in [0.4, 0.5) is 0 Å². The Morgan fingerprint density at radius 1 is 1.05 bits per heavy atom. The zero-order valence-electron chi connectivity index (χ0n) is 12.2. The Balaban J connectivity index is 1.44. The molecule has 3 unspecified atom stereocenters. The van der Waals surface area contributed by atoms with Crippen LogP contribution >= 0.6 is 0 Å². The average Bonchev–Trinajstić information content (AvgIpc) is 2.81. The third kappa shape index (κ3) is 2.13. The maximum absolute atomic E-state index is 3.46. The van der Waals surface area contributed by atoms with E-state index in [9.17, 15) is 0 Å². The monoisotopic (exact) mass is 264 g/mol. The summed E-state index contributed by atoms with van der Waals surface area (Å²) in [5, 5.41) is 3.46. The topological polar surface area (TPSA) is 21.8 Å². The first kappa shape index (κ1) is 12.6. The number of hydrogen-bond donors (Lipinski definition) is 1. The molecule has 0 aromatic rings. The molecule has 0 radical (unpaired) electrons. The quantitative estimate of drug-likeness (QED) is 0.761. The first-order valence-corrected chi connectivity index (χ1v) is 8.22. The predicted molar refractivity (Wildman–Crippen MR) is 77.4 cm³/mol. The summed E-state index contributed by atoms with van der Waals surface area (Å²) in [7, 11) is 2.40. The zero-order valence-corrected chi connectivity index (χ0v) is 12.2. The maximum atomic E-state index is 3.46. The standard InChI is InChI=1S/C15H28N4/c1-17-13(11-18-8-4-16-5-9-18)10-14-15(17)12-2-6-19(14)7-3-12/h12-16H,2-11H2,1H3. The molecular formula is C15H28N4. The molecule has 5 aliphatic heterocycles. The van der Waals surface area contributed by atoms with Crippen molar-refractivity contribution in [1.82, 2.24) is 20.0 Å². The van der Waals surface area contributed by atoms with Crippen LogP contribution in [-0.4, -0.2) is 85.7 Å². The molecule has 2 bridgehead atoms. The largest absolute Gasteiger partial charge is 0.314 e. The van der Waals surface area contributed by atoms with Gasteiger partial charge in [-0.3, -0.25) is 14.7 Å². The molecule has 0 saturated carbocycles. The molecule has 108 valence electrons. The minimum absolute atomic E-state index is 0.800. The van der Waals surface area contributed by atoms with E-state index in [1.807, 2.05) is 0 Å². The van der Waals surface area contributed by atoms with E-state index in [1.54, 1.807) is 0 Å². The van der Waals surface area contributed by atoms with Crippen molar-refractivity contribution in [3.8, 4) is 0 Å². The SMILES string of the molecule is CN1C(CN2CCNCC2)CC2C1C1CCN2CC1. The van der Waals surface area contributed by atoms with Crippen LogP contribution in [0, 0.1) is 5.92 Å². The van der Waals surface area contributed by atoms with Crippen molar-refractivity contribution < 1.29 is 0 Å². The van der Waals surface area contributed by atoms with E-state index in [0.717, 1.165) is 24.0 Å². The zero-order chi connectivity index (χ0) is 12.8. The Labute approximate surface area is 117 Å². The lowest BCUT2D eigenvalue weighted by molar-refractivity contribution is -0.000367. The van der Waals surface area contributed by atoms with E-state index in [2.05, 4.69) is 27.1 Å². The van der Waals surface area contributed by atoms with E-state index in [4.69, 9.17) is 0 Å². The number of likely N-dealkylation sites (tertiary alicyclic amines) is 1. The van der Waals surface area contributed by atoms with Crippen LogP contribution in [0.15, 0.2) is 0 Å². The van der Waals surface area contributed by atoms with Gasteiger partial charge in [0.2, 0.25) is 0 Å². The lowest BCUT2D eigenvalue weighted by Crippen LogP contribution is -2.58. The Kier molecular flexibility index (Phi) is 3.30. The molecular weight excluding hydrogens is 236 g/mol. The van der Waals surface area contributed by atoms with Crippen molar-refractivity contribution in [1.29, 1.82) is 0 Å². The number of fused-ring (bicyclic) bond motifs is 2. The summed E-state index contributed by atoms with van der Waals surface area (Å²) in [5.74, 6) is 0.994. The molecule has 1 N–H and O–H groups in total. The highest BCUT2D eigenvalue weighted by atomic mass is 15.3. The van der Waals surface area contributed by atoms with E-state index in [0.29, 0.717) is 0 Å². The molecule has 4 nitrogen and oxygen atoms in total. The van der Waals surface area contributed by atoms with Gasteiger partial charge in [0.15, 0.2) is 0 Å². The van der Waals surface area contributed by atoms with E-state index < -0.39 is 0 Å². The van der Waals surface area contributed by atoms with Gasteiger partial charge >= 0.3 is 0 Å². The summed E-state index contributed by atoms with van der Waals surface area (Å²) in [6.45, 7) is 8.89. The fraction of sp³-hybridized carbons (Fsp3) is 1.00. The van der Waals surface area contributed by atoms with Gasteiger partial charge in [0.1, 0.15) is 0 Å². The molecule has 3 atom stereocenters. The predicted octanol–water partition coefficient (Wildman–Crippen LogP) is 0.0585. The van der Waals surface area contributed by atoms with Gasteiger partial charge in [-0.25, -0.2) is 0 Å². The number of piperazine rings is 1. The van der Waals surface area contributed by atoms with Gasteiger partial charge < -0.3 is 5.32 Å². The molecule has 0 aromatic carbocycles. The first-order chi connectivity index (χ1) is 9.33. The number of likely N-dealkylation sites (N-methyl/N-ethyl adjacent to an activating group) is 1. The van der Waals surface area contributed by atoms with Gasteiger partial charge in [0.25, 0.3) is 0 Å². The number of nitrogens with one attached hydrogen (secondary N) is 1. The summed E-state index contributed by atoms with van der Waals surface area (Å²) in [6, 6.07) is 2.55. The lowest BCUT2D eigenvalue weighted by Gasteiger charge is -2.49. The number of rotatable bonds is 2. The van der Waals surface area contributed by atoms with Crippen molar-refractivity contribution >= 4 is 0 Å². The molecule has 5 rings (SSSR count). The van der Waals surface area contributed by atoms with E-state index >= 15 is 0 Å². The third-order valence-corrected chi connectivity index (χ3v) is 6.16. The molecule has 0 aromatic heterocycles. The van der Waals surface area contributed by atoms with Crippen LogP contribution in [0.25, 0.3) is 0 Å². The number of piperidine rings is 3. The van der Waals surface area contributed by atoms with Crippen molar-refractivity contribution in [3.63, 3.8) is 0 Å². The van der Waals surface area contributed by atoms with Gasteiger partial charge in [-0.1, -0.05) is 0 Å². The molecule has 4 heteroatoms. The summed E-state index contributed by atoms with van der Waals surface area (Å²) in [4.78, 5) is 8.22. The molecule has 0 spiro atoms. The average molecular weight is 264 g/mol. The normalized spacial score (nSPS) is 47.5. The second-order valence-corrected chi connectivity index (χ2v) is 7.04. The minimum atomic E-state index is 0.800. The van der Waals surface area contributed by atoms with Crippen molar-refractivity contribution in [2.45, 2.75) is 37.4 Å². The summed E-state index contributed by atoms with van der Waals surface area (Å²) >= 11 is 0. The Morgan fingerprint density at radius 3 is 2.47 bits per heavy atom. The number of nitrogens with zero attached hydrogens (tertiary/aromatic N) is 3. The minimum Gasteiger partial charge on any atom is -0.314 e. The third-order valence-electron chi connectivity index (χ3n) is 6.16. The second kappa shape index (κ2) is 4.99. The van der Waals surface area contributed by atoms with Gasteiger partial charge in [0, 0.05) is 50.8 Å². The molecule has 5 fully saturated rings.